The predicted octanol–water partition coefficient (Wildman–Crippen LogP) is 1.37. The van der Waals surface area contributed by atoms with E-state index < -0.39 is 10.0 Å². The molecule has 2 aromatic rings. The smallest absolute Gasteiger partial charge is 0.265 e. The molecule has 1 aromatic heterocycles. The van der Waals surface area contributed by atoms with Crippen molar-refractivity contribution in [1.29, 1.82) is 0 Å². The third-order valence-corrected chi connectivity index (χ3v) is 4.52. The van der Waals surface area contributed by atoms with Gasteiger partial charge in [0.05, 0.1) is 4.90 Å². The minimum atomic E-state index is -3.61. The molecule has 0 aliphatic carbocycles. The first-order valence-corrected chi connectivity index (χ1v) is 7.18. The second-order valence-corrected chi connectivity index (χ2v) is 5.98. The molecular weight excluding hydrogens is 262 g/mol. The van der Waals surface area contributed by atoms with Crippen molar-refractivity contribution in [3.8, 4) is 0 Å². The van der Waals surface area contributed by atoms with Crippen molar-refractivity contribution in [1.82, 2.24) is 4.98 Å². The molecule has 0 saturated heterocycles. The van der Waals surface area contributed by atoms with Crippen LogP contribution in [0.3, 0.4) is 0 Å². The van der Waals surface area contributed by atoms with Gasteiger partial charge in [-0.05, 0) is 29.8 Å². The largest absolute Gasteiger partial charge is 0.326 e. The number of nitrogens with zero attached hydrogens (tertiary/aromatic N) is 2. The number of nitrogens with two attached hydrogens (primary N) is 1. The number of anilines is 1. The summed E-state index contributed by atoms with van der Waals surface area (Å²) in [6.07, 6.45) is 1.55. The van der Waals surface area contributed by atoms with Crippen molar-refractivity contribution in [2.45, 2.75) is 11.4 Å². The molecule has 0 atom stereocenters. The minimum absolute atomic E-state index is 0.212. The highest BCUT2D eigenvalue weighted by molar-refractivity contribution is 7.92. The first-order valence-electron chi connectivity index (χ1n) is 5.74. The van der Waals surface area contributed by atoms with Crippen LogP contribution in [0.5, 0.6) is 0 Å². The summed E-state index contributed by atoms with van der Waals surface area (Å²) in [7, 11) is -2.13. The topological polar surface area (TPSA) is 76.3 Å². The van der Waals surface area contributed by atoms with Gasteiger partial charge in [0.15, 0.2) is 0 Å². The molecule has 0 fully saturated rings. The van der Waals surface area contributed by atoms with Gasteiger partial charge in [0, 0.05) is 19.8 Å². The summed E-state index contributed by atoms with van der Waals surface area (Å²) in [6.45, 7) is 0.302. The van der Waals surface area contributed by atoms with E-state index in [2.05, 4.69) is 4.98 Å². The molecule has 0 aliphatic rings. The SMILES string of the molecule is CN(c1ccccn1)S(=O)(=O)c1cccc(CN)c1. The Hall–Kier alpha value is -1.92. The van der Waals surface area contributed by atoms with Crippen LogP contribution in [0.4, 0.5) is 5.82 Å². The van der Waals surface area contributed by atoms with Crippen molar-refractivity contribution in [3.63, 3.8) is 0 Å². The van der Waals surface area contributed by atoms with E-state index in [1.807, 2.05) is 0 Å². The van der Waals surface area contributed by atoms with Gasteiger partial charge in [-0.2, -0.15) is 0 Å². The molecule has 0 spiro atoms. The van der Waals surface area contributed by atoms with E-state index in [4.69, 9.17) is 5.73 Å². The van der Waals surface area contributed by atoms with E-state index in [9.17, 15) is 8.42 Å². The maximum Gasteiger partial charge on any atom is 0.265 e. The lowest BCUT2D eigenvalue weighted by Crippen LogP contribution is -2.27. The molecule has 2 rings (SSSR count). The summed E-state index contributed by atoms with van der Waals surface area (Å²) in [6, 6.07) is 11.7. The molecule has 1 aromatic carbocycles. The standard InChI is InChI=1S/C13H15N3O2S/c1-16(13-7-2-3-8-15-13)19(17,18)12-6-4-5-11(9-12)10-14/h2-9H,10,14H2,1H3. The fourth-order valence-electron chi connectivity index (χ4n) is 1.65. The van der Waals surface area contributed by atoms with Crippen LogP contribution in [-0.2, 0) is 16.6 Å². The van der Waals surface area contributed by atoms with Gasteiger partial charge in [-0.1, -0.05) is 18.2 Å². The fraction of sp³-hybridized carbons (Fsp3) is 0.154. The number of aromatic nitrogens is 1. The van der Waals surface area contributed by atoms with Gasteiger partial charge in [-0.15, -0.1) is 0 Å². The van der Waals surface area contributed by atoms with Crippen LogP contribution in [0, 0.1) is 0 Å². The van der Waals surface area contributed by atoms with Crippen molar-refractivity contribution < 1.29 is 8.42 Å². The zero-order valence-electron chi connectivity index (χ0n) is 10.5. The molecule has 100 valence electrons. The minimum Gasteiger partial charge on any atom is -0.326 e. The molecule has 5 nitrogen and oxygen atoms in total. The predicted molar refractivity (Wildman–Crippen MR) is 74.2 cm³/mol. The summed E-state index contributed by atoms with van der Waals surface area (Å²) in [5.74, 6) is 0.376. The van der Waals surface area contributed by atoms with E-state index in [1.165, 1.54) is 7.05 Å². The molecule has 0 saturated carbocycles. The van der Waals surface area contributed by atoms with Crippen LogP contribution in [0.2, 0.25) is 0 Å². The number of sulfonamides is 1. The normalized spacial score (nSPS) is 11.3. The van der Waals surface area contributed by atoms with Crippen LogP contribution >= 0.6 is 0 Å². The summed E-state index contributed by atoms with van der Waals surface area (Å²) in [5.41, 5.74) is 6.30. The summed E-state index contributed by atoms with van der Waals surface area (Å²) >= 11 is 0. The summed E-state index contributed by atoms with van der Waals surface area (Å²) in [4.78, 5) is 4.25. The number of pyridine rings is 1. The van der Waals surface area contributed by atoms with Gasteiger partial charge in [-0.25, -0.2) is 13.4 Å². The number of hydrogen-bond acceptors (Lipinski definition) is 4. The van der Waals surface area contributed by atoms with Crippen molar-refractivity contribution in [3.05, 3.63) is 54.2 Å². The lowest BCUT2D eigenvalue weighted by atomic mass is 10.2. The molecule has 6 heteroatoms. The Labute approximate surface area is 112 Å². The Morgan fingerprint density at radius 3 is 2.63 bits per heavy atom. The maximum atomic E-state index is 12.4. The van der Waals surface area contributed by atoms with Crippen molar-refractivity contribution >= 4 is 15.8 Å². The Morgan fingerprint density at radius 1 is 1.21 bits per heavy atom. The maximum absolute atomic E-state index is 12.4. The molecular formula is C13H15N3O2S. The van der Waals surface area contributed by atoms with Crippen LogP contribution in [-0.4, -0.2) is 20.4 Å². The van der Waals surface area contributed by atoms with Gasteiger partial charge in [0.1, 0.15) is 5.82 Å². The zero-order chi connectivity index (χ0) is 13.9. The van der Waals surface area contributed by atoms with Crippen LogP contribution < -0.4 is 10.0 Å². The average Bonchev–Trinajstić information content (AvgIpc) is 2.47. The second kappa shape index (κ2) is 5.38. The molecule has 0 radical (unpaired) electrons. The zero-order valence-corrected chi connectivity index (χ0v) is 11.3. The average molecular weight is 277 g/mol. The van der Waals surface area contributed by atoms with E-state index in [0.29, 0.717) is 12.4 Å². The van der Waals surface area contributed by atoms with Crippen LogP contribution in [0.15, 0.2) is 53.6 Å². The van der Waals surface area contributed by atoms with Crippen molar-refractivity contribution in [2.75, 3.05) is 11.4 Å². The van der Waals surface area contributed by atoms with Crippen LogP contribution in [0.25, 0.3) is 0 Å². The van der Waals surface area contributed by atoms with E-state index in [0.717, 1.165) is 9.87 Å². The molecule has 2 N–H and O–H groups in total. The Bertz CT molecular complexity index is 657. The lowest BCUT2D eigenvalue weighted by Gasteiger charge is -2.18. The number of benzene rings is 1. The van der Waals surface area contributed by atoms with Gasteiger partial charge >= 0.3 is 0 Å². The van der Waals surface area contributed by atoms with E-state index in [-0.39, 0.29) is 4.90 Å². The van der Waals surface area contributed by atoms with Gasteiger partial charge < -0.3 is 5.73 Å². The number of hydrogen-bond donors (Lipinski definition) is 1. The third-order valence-electron chi connectivity index (χ3n) is 2.76. The number of rotatable bonds is 4. The van der Waals surface area contributed by atoms with Gasteiger partial charge in [-0.3, -0.25) is 4.31 Å². The first-order chi connectivity index (χ1) is 9.05. The molecule has 0 aliphatic heterocycles. The molecule has 0 amide bonds. The van der Waals surface area contributed by atoms with Gasteiger partial charge in [0.2, 0.25) is 0 Å². The Kier molecular flexibility index (Phi) is 3.82. The third kappa shape index (κ3) is 2.74. The van der Waals surface area contributed by atoms with Gasteiger partial charge in [0.25, 0.3) is 10.0 Å². The van der Waals surface area contributed by atoms with E-state index >= 15 is 0 Å². The monoisotopic (exact) mass is 277 g/mol. The van der Waals surface area contributed by atoms with Crippen molar-refractivity contribution in [2.24, 2.45) is 5.73 Å². The second-order valence-electron chi connectivity index (χ2n) is 4.01. The Balaban J connectivity index is 2.42. The van der Waals surface area contributed by atoms with E-state index in [1.54, 1.807) is 48.7 Å². The van der Waals surface area contributed by atoms with Crippen LogP contribution in [0.1, 0.15) is 5.56 Å². The molecule has 19 heavy (non-hydrogen) atoms. The molecule has 1 heterocycles. The highest BCUT2D eigenvalue weighted by atomic mass is 32.2. The summed E-state index contributed by atoms with van der Waals surface area (Å²) in [5, 5.41) is 0. The Morgan fingerprint density at radius 2 is 2.00 bits per heavy atom. The summed E-state index contributed by atoms with van der Waals surface area (Å²) < 4.78 is 26.0. The lowest BCUT2D eigenvalue weighted by molar-refractivity contribution is 0.594. The molecule has 0 bridgehead atoms. The molecule has 0 unspecified atom stereocenters. The first kappa shape index (κ1) is 13.5. The highest BCUT2D eigenvalue weighted by Crippen LogP contribution is 2.20. The quantitative estimate of drug-likeness (QED) is 0.915. The fourth-order valence-corrected chi connectivity index (χ4v) is 2.88. The highest BCUT2D eigenvalue weighted by Gasteiger charge is 2.21.